The molecule has 0 radical (unpaired) electrons. The second kappa shape index (κ2) is 7.31. The molecule has 0 bridgehead atoms. The van der Waals surface area contributed by atoms with Crippen LogP contribution in [0, 0.1) is 10.7 Å². The molecule has 0 aliphatic rings. The van der Waals surface area contributed by atoms with E-state index in [4.69, 9.17) is 33.4 Å². The highest BCUT2D eigenvalue weighted by atomic mass is 35.5. The third-order valence-corrected chi connectivity index (χ3v) is 4.98. The van der Waals surface area contributed by atoms with E-state index in [0.717, 1.165) is 6.07 Å². The van der Waals surface area contributed by atoms with E-state index in [0.29, 0.717) is 27.1 Å². The van der Waals surface area contributed by atoms with Gasteiger partial charge in [0.15, 0.2) is 5.76 Å². The summed E-state index contributed by atoms with van der Waals surface area (Å²) < 4.78 is 19.4. The monoisotopic (exact) mass is 428 g/mol. The lowest BCUT2D eigenvalue weighted by Gasteiger charge is -2.03. The Balaban J connectivity index is 1.81. The van der Waals surface area contributed by atoms with Crippen LogP contribution in [-0.2, 0) is 0 Å². The van der Waals surface area contributed by atoms with Gasteiger partial charge in [0.2, 0.25) is 5.78 Å². The number of benzene rings is 3. The number of hydrogen-bond donors (Lipinski definition) is 1. The zero-order valence-corrected chi connectivity index (χ0v) is 16.1. The molecule has 1 aromatic heterocycles. The number of ketones is 1. The molecule has 0 unspecified atom stereocenters. The van der Waals surface area contributed by atoms with Gasteiger partial charge in [-0.15, -0.1) is 4.91 Å². The predicted molar refractivity (Wildman–Crippen MR) is 111 cm³/mol. The number of halogens is 3. The van der Waals surface area contributed by atoms with Crippen LogP contribution in [0.25, 0.3) is 22.1 Å². The van der Waals surface area contributed by atoms with Gasteiger partial charge in [-0.1, -0.05) is 29.3 Å². The summed E-state index contributed by atoms with van der Waals surface area (Å²) in [4.78, 5) is 23.6. The van der Waals surface area contributed by atoms with E-state index in [1.807, 2.05) is 0 Å². The summed E-state index contributed by atoms with van der Waals surface area (Å²) in [5.41, 5.74) is 7.78. The number of carbonyl (C=O) groups excluding carboxylic acids is 1. The Bertz CT molecular complexity index is 1300. The van der Waals surface area contributed by atoms with Crippen LogP contribution in [0.2, 0.25) is 10.0 Å². The molecule has 1 heterocycles. The molecular weight excluding hydrogens is 418 g/mol. The number of fused-ring (bicyclic) bond motifs is 1. The van der Waals surface area contributed by atoms with E-state index < -0.39 is 11.6 Å². The fourth-order valence-electron chi connectivity index (χ4n) is 3.05. The van der Waals surface area contributed by atoms with Crippen LogP contribution < -0.4 is 5.73 Å². The number of anilines is 1. The maximum Gasteiger partial charge on any atom is 0.231 e. The maximum absolute atomic E-state index is 13.7. The van der Waals surface area contributed by atoms with Gasteiger partial charge < -0.3 is 10.2 Å². The summed E-state index contributed by atoms with van der Waals surface area (Å²) in [6.45, 7) is 0. The quantitative estimate of drug-likeness (QED) is 0.287. The van der Waals surface area contributed by atoms with Gasteiger partial charge >= 0.3 is 0 Å². The van der Waals surface area contributed by atoms with E-state index >= 15 is 0 Å². The third-order valence-electron chi connectivity index (χ3n) is 4.43. The van der Waals surface area contributed by atoms with Crippen LogP contribution in [0.3, 0.4) is 0 Å². The topological polar surface area (TPSA) is 85.7 Å². The third kappa shape index (κ3) is 3.48. The Morgan fingerprint density at radius 2 is 1.79 bits per heavy atom. The van der Waals surface area contributed by atoms with Crippen LogP contribution in [0.5, 0.6) is 0 Å². The van der Waals surface area contributed by atoms with Gasteiger partial charge in [0.25, 0.3) is 0 Å². The van der Waals surface area contributed by atoms with Crippen LogP contribution in [0.4, 0.5) is 15.8 Å². The van der Waals surface area contributed by atoms with Crippen molar-refractivity contribution < 1.29 is 13.6 Å². The van der Waals surface area contributed by atoms with Crippen LogP contribution in [-0.4, -0.2) is 5.78 Å². The van der Waals surface area contributed by atoms with Gasteiger partial charge in [-0.25, -0.2) is 4.39 Å². The molecule has 0 fully saturated rings. The first kappa shape index (κ1) is 19.1. The van der Waals surface area contributed by atoms with Gasteiger partial charge in [-0.3, -0.25) is 4.79 Å². The summed E-state index contributed by atoms with van der Waals surface area (Å²) in [7, 11) is 0. The lowest BCUT2D eigenvalue weighted by atomic mass is 10.0. The largest absolute Gasteiger partial charge is 0.450 e. The van der Waals surface area contributed by atoms with E-state index in [1.165, 1.54) is 24.3 Å². The van der Waals surface area contributed by atoms with Crippen LogP contribution >= 0.6 is 23.2 Å². The summed E-state index contributed by atoms with van der Waals surface area (Å²) in [6.07, 6.45) is 0. The molecule has 2 N–H and O–H groups in total. The maximum atomic E-state index is 13.7. The molecule has 0 aliphatic heterocycles. The number of hydrogen-bond acceptors (Lipinski definition) is 5. The number of nitrogen functional groups attached to an aromatic ring is 1. The minimum Gasteiger partial charge on any atom is -0.450 e. The first-order valence-electron chi connectivity index (χ1n) is 8.33. The minimum atomic E-state index is -0.593. The lowest BCUT2D eigenvalue weighted by molar-refractivity contribution is 0.101. The molecule has 0 spiro atoms. The van der Waals surface area contributed by atoms with Crippen molar-refractivity contribution in [2.45, 2.75) is 0 Å². The first-order valence-corrected chi connectivity index (χ1v) is 9.09. The van der Waals surface area contributed by atoms with Gasteiger partial charge in [0, 0.05) is 22.0 Å². The van der Waals surface area contributed by atoms with Crippen LogP contribution in [0.15, 0.2) is 64.2 Å². The van der Waals surface area contributed by atoms with Crippen molar-refractivity contribution in [1.29, 1.82) is 0 Å². The highest BCUT2D eigenvalue weighted by molar-refractivity contribution is 6.37. The van der Waals surface area contributed by atoms with E-state index in [-0.39, 0.29) is 27.7 Å². The molecule has 4 rings (SSSR count). The molecule has 5 nitrogen and oxygen atoms in total. The average Bonchev–Trinajstić information content (AvgIpc) is 3.03. The fraction of sp³-hybridized carbons (Fsp3) is 0. The van der Waals surface area contributed by atoms with Crippen molar-refractivity contribution in [1.82, 2.24) is 0 Å². The number of nitroso groups, excluding NO2 is 1. The number of carbonyl (C=O) groups is 1. The van der Waals surface area contributed by atoms with Crippen molar-refractivity contribution >= 4 is 51.3 Å². The molecule has 0 saturated heterocycles. The Morgan fingerprint density at radius 1 is 1.00 bits per heavy atom. The predicted octanol–water partition coefficient (Wildman–Crippen LogP) is 6.76. The second-order valence-corrected chi connectivity index (χ2v) is 7.14. The Morgan fingerprint density at radius 3 is 2.52 bits per heavy atom. The number of furan rings is 1. The summed E-state index contributed by atoms with van der Waals surface area (Å²) in [5.74, 6) is -1.14. The van der Waals surface area contributed by atoms with E-state index in [1.54, 1.807) is 24.3 Å². The molecule has 144 valence electrons. The summed E-state index contributed by atoms with van der Waals surface area (Å²) in [5, 5.41) is 3.86. The van der Waals surface area contributed by atoms with Gasteiger partial charge in [-0.05, 0) is 58.8 Å². The standard InChI is InChI=1S/C21H11Cl2FN2O3/c22-12-2-4-15(17(23)8-12)20(27)21-19(25)16-3-1-10(7-18(16)29-21)11-5-13(24)9-14(6-11)26-28/h1-9H,25H2. The van der Waals surface area contributed by atoms with Crippen molar-refractivity contribution in [3.63, 3.8) is 0 Å². The Hall–Kier alpha value is -3.22. The van der Waals surface area contributed by atoms with Crippen LogP contribution in [0.1, 0.15) is 16.1 Å². The molecular formula is C21H11Cl2FN2O3. The Labute approximate surface area is 173 Å². The minimum absolute atomic E-state index is 0.0349. The molecule has 3 aromatic carbocycles. The highest BCUT2D eigenvalue weighted by Crippen LogP contribution is 2.35. The smallest absolute Gasteiger partial charge is 0.231 e. The van der Waals surface area contributed by atoms with E-state index in [2.05, 4.69) is 5.18 Å². The molecule has 0 atom stereocenters. The molecule has 29 heavy (non-hydrogen) atoms. The SMILES string of the molecule is Nc1c(C(=O)c2ccc(Cl)cc2Cl)oc2cc(-c3cc(F)cc(N=O)c3)ccc12. The highest BCUT2D eigenvalue weighted by Gasteiger charge is 2.22. The van der Waals surface area contributed by atoms with Gasteiger partial charge in [-0.2, -0.15) is 0 Å². The second-order valence-electron chi connectivity index (χ2n) is 6.30. The lowest BCUT2D eigenvalue weighted by Crippen LogP contribution is -2.03. The molecule has 4 aromatic rings. The summed E-state index contributed by atoms with van der Waals surface area (Å²) in [6, 6.07) is 13.2. The van der Waals surface area contributed by atoms with Gasteiger partial charge in [0.1, 0.15) is 17.1 Å². The van der Waals surface area contributed by atoms with Crippen molar-refractivity contribution in [3.8, 4) is 11.1 Å². The first-order chi connectivity index (χ1) is 13.9. The number of nitrogens with two attached hydrogens (primary N) is 1. The van der Waals surface area contributed by atoms with Crippen molar-refractivity contribution in [2.75, 3.05) is 5.73 Å². The molecule has 8 heteroatoms. The zero-order valence-electron chi connectivity index (χ0n) is 14.6. The number of rotatable bonds is 4. The zero-order chi connectivity index (χ0) is 20.7. The molecule has 0 saturated carbocycles. The summed E-state index contributed by atoms with van der Waals surface area (Å²) >= 11 is 12.0. The molecule has 0 amide bonds. The molecule has 0 aliphatic carbocycles. The number of nitrogens with zero attached hydrogens (tertiary/aromatic N) is 1. The normalized spacial score (nSPS) is 11.0. The van der Waals surface area contributed by atoms with Crippen molar-refractivity contribution in [2.24, 2.45) is 5.18 Å². The fourth-order valence-corrected chi connectivity index (χ4v) is 3.55. The van der Waals surface area contributed by atoms with E-state index in [9.17, 15) is 14.1 Å². The average molecular weight is 429 g/mol. The van der Waals surface area contributed by atoms with Crippen molar-refractivity contribution in [3.05, 3.63) is 86.7 Å². The Kier molecular flexibility index (Phi) is 4.82. The van der Waals surface area contributed by atoms with Gasteiger partial charge in [0.05, 0.1) is 10.7 Å².